The Balaban J connectivity index is 1.65. The van der Waals surface area contributed by atoms with Gasteiger partial charge < -0.3 is 14.4 Å². The normalized spacial score (nSPS) is 12.6. The Hall–Kier alpha value is -2.75. The fourth-order valence-electron chi connectivity index (χ4n) is 2.74. The second kappa shape index (κ2) is 7.88. The summed E-state index contributed by atoms with van der Waals surface area (Å²) in [5.74, 6) is 1.50. The van der Waals surface area contributed by atoms with E-state index in [1.165, 1.54) is 5.56 Å². The molecule has 2 aromatic carbocycles. The van der Waals surface area contributed by atoms with Gasteiger partial charge in [-0.2, -0.15) is 0 Å². The molecule has 1 aliphatic heterocycles. The summed E-state index contributed by atoms with van der Waals surface area (Å²) in [5, 5.41) is 0. The van der Waals surface area contributed by atoms with Crippen LogP contribution in [0.15, 0.2) is 48.5 Å². The highest BCUT2D eigenvalue weighted by atomic mass is 16.7. The summed E-state index contributed by atoms with van der Waals surface area (Å²) in [6, 6.07) is 14.1. The van der Waals surface area contributed by atoms with Gasteiger partial charge in [0.15, 0.2) is 11.5 Å². The van der Waals surface area contributed by atoms with Crippen molar-refractivity contribution in [3.63, 3.8) is 0 Å². The lowest BCUT2D eigenvalue weighted by Gasteiger charge is -2.19. The standard InChI is InChI=1S/C21H23NO3/c1-3-16-5-7-17(8-6-16)10-12-21(23)22(4-2)14-18-9-11-19-20(13-18)25-15-24-19/h5-13H,3-4,14-15H2,1-2H3/b12-10+. The van der Waals surface area contributed by atoms with Crippen LogP contribution in [-0.2, 0) is 17.8 Å². The maximum absolute atomic E-state index is 12.5. The highest BCUT2D eigenvalue weighted by molar-refractivity contribution is 5.91. The summed E-state index contributed by atoms with van der Waals surface area (Å²) in [5.41, 5.74) is 3.35. The molecule has 3 rings (SSSR count). The summed E-state index contributed by atoms with van der Waals surface area (Å²) < 4.78 is 10.7. The number of benzene rings is 2. The van der Waals surface area contributed by atoms with Crippen molar-refractivity contribution >= 4 is 12.0 Å². The molecule has 4 heteroatoms. The first-order valence-corrected chi connectivity index (χ1v) is 8.64. The summed E-state index contributed by atoms with van der Waals surface area (Å²) in [6.07, 6.45) is 4.52. The molecule has 0 spiro atoms. The summed E-state index contributed by atoms with van der Waals surface area (Å²) in [7, 11) is 0. The van der Waals surface area contributed by atoms with Gasteiger partial charge >= 0.3 is 0 Å². The van der Waals surface area contributed by atoms with E-state index in [4.69, 9.17) is 9.47 Å². The van der Waals surface area contributed by atoms with Gasteiger partial charge in [0.05, 0.1) is 0 Å². The van der Waals surface area contributed by atoms with Gasteiger partial charge in [-0.3, -0.25) is 4.79 Å². The lowest BCUT2D eigenvalue weighted by molar-refractivity contribution is -0.126. The highest BCUT2D eigenvalue weighted by Gasteiger charge is 2.15. The first kappa shape index (κ1) is 17.1. The molecular formula is C21H23NO3. The largest absolute Gasteiger partial charge is 0.454 e. The Morgan fingerprint density at radius 2 is 1.76 bits per heavy atom. The molecule has 1 amide bonds. The van der Waals surface area contributed by atoms with Gasteiger partial charge in [-0.15, -0.1) is 0 Å². The molecule has 0 bridgehead atoms. The number of carbonyl (C=O) groups is 1. The van der Waals surface area contributed by atoms with Crippen molar-refractivity contribution in [2.45, 2.75) is 26.8 Å². The summed E-state index contributed by atoms with van der Waals surface area (Å²) in [4.78, 5) is 14.3. The van der Waals surface area contributed by atoms with Crippen LogP contribution in [0, 0.1) is 0 Å². The zero-order valence-corrected chi connectivity index (χ0v) is 14.7. The Morgan fingerprint density at radius 1 is 1.04 bits per heavy atom. The second-order valence-corrected chi connectivity index (χ2v) is 5.97. The fraction of sp³-hybridized carbons (Fsp3) is 0.286. The third-order valence-corrected chi connectivity index (χ3v) is 4.31. The molecular weight excluding hydrogens is 314 g/mol. The van der Waals surface area contributed by atoms with Gasteiger partial charge in [-0.1, -0.05) is 37.3 Å². The Labute approximate surface area is 148 Å². The van der Waals surface area contributed by atoms with Crippen molar-refractivity contribution in [1.82, 2.24) is 4.90 Å². The van der Waals surface area contributed by atoms with Crippen LogP contribution in [0.2, 0.25) is 0 Å². The van der Waals surface area contributed by atoms with E-state index in [1.807, 2.05) is 43.3 Å². The van der Waals surface area contributed by atoms with Crippen molar-refractivity contribution in [3.05, 3.63) is 65.2 Å². The van der Waals surface area contributed by atoms with Crippen LogP contribution in [0.4, 0.5) is 0 Å². The molecule has 25 heavy (non-hydrogen) atoms. The summed E-state index contributed by atoms with van der Waals surface area (Å²) >= 11 is 0. The topological polar surface area (TPSA) is 38.8 Å². The molecule has 0 N–H and O–H groups in total. The van der Waals surface area contributed by atoms with E-state index in [1.54, 1.807) is 11.0 Å². The van der Waals surface area contributed by atoms with E-state index in [2.05, 4.69) is 19.1 Å². The van der Waals surface area contributed by atoms with E-state index >= 15 is 0 Å². The van der Waals surface area contributed by atoms with Gasteiger partial charge in [0.1, 0.15) is 0 Å². The summed E-state index contributed by atoms with van der Waals surface area (Å²) in [6.45, 7) is 5.56. The number of carbonyl (C=O) groups excluding carboxylic acids is 1. The minimum Gasteiger partial charge on any atom is -0.454 e. The molecule has 0 unspecified atom stereocenters. The van der Waals surface area contributed by atoms with Gasteiger partial charge in [0.2, 0.25) is 12.7 Å². The Bertz CT molecular complexity index is 765. The zero-order chi connectivity index (χ0) is 17.6. The Morgan fingerprint density at radius 3 is 2.48 bits per heavy atom. The Kier molecular flexibility index (Phi) is 5.39. The minimum absolute atomic E-state index is 0.000245. The lowest BCUT2D eigenvalue weighted by atomic mass is 10.1. The first-order valence-electron chi connectivity index (χ1n) is 8.64. The zero-order valence-electron chi connectivity index (χ0n) is 14.7. The molecule has 1 aliphatic rings. The average Bonchev–Trinajstić information content (AvgIpc) is 3.12. The number of amides is 1. The van der Waals surface area contributed by atoms with Crippen molar-refractivity contribution in [2.24, 2.45) is 0 Å². The molecule has 0 fully saturated rings. The van der Waals surface area contributed by atoms with Gasteiger partial charge in [0.25, 0.3) is 0 Å². The highest BCUT2D eigenvalue weighted by Crippen LogP contribution is 2.32. The molecule has 0 saturated carbocycles. The predicted octanol–water partition coefficient (Wildman–Crippen LogP) is 4.04. The van der Waals surface area contributed by atoms with Crippen molar-refractivity contribution < 1.29 is 14.3 Å². The van der Waals surface area contributed by atoms with Crippen LogP contribution in [-0.4, -0.2) is 24.1 Å². The van der Waals surface area contributed by atoms with Crippen LogP contribution >= 0.6 is 0 Å². The van der Waals surface area contributed by atoms with Crippen LogP contribution < -0.4 is 9.47 Å². The van der Waals surface area contributed by atoms with Crippen LogP contribution in [0.25, 0.3) is 6.08 Å². The number of hydrogen-bond acceptors (Lipinski definition) is 3. The SMILES string of the molecule is CCc1ccc(/C=C/C(=O)N(CC)Cc2ccc3c(c2)OCO3)cc1. The molecule has 2 aromatic rings. The van der Waals surface area contributed by atoms with E-state index < -0.39 is 0 Å². The number of ether oxygens (including phenoxy) is 2. The number of nitrogens with zero attached hydrogens (tertiary/aromatic N) is 1. The van der Waals surface area contributed by atoms with E-state index in [9.17, 15) is 4.79 Å². The fourth-order valence-corrected chi connectivity index (χ4v) is 2.74. The third-order valence-electron chi connectivity index (χ3n) is 4.31. The van der Waals surface area contributed by atoms with Gasteiger partial charge in [-0.25, -0.2) is 0 Å². The number of likely N-dealkylation sites (N-methyl/N-ethyl adjacent to an activating group) is 1. The van der Waals surface area contributed by atoms with E-state index in [0.29, 0.717) is 13.1 Å². The molecule has 0 aromatic heterocycles. The minimum atomic E-state index is -0.000245. The van der Waals surface area contributed by atoms with Crippen molar-refractivity contribution in [1.29, 1.82) is 0 Å². The number of aryl methyl sites for hydroxylation is 1. The van der Waals surface area contributed by atoms with Crippen LogP contribution in [0.1, 0.15) is 30.5 Å². The van der Waals surface area contributed by atoms with Gasteiger partial charge in [0, 0.05) is 19.2 Å². The van der Waals surface area contributed by atoms with E-state index in [-0.39, 0.29) is 12.7 Å². The lowest BCUT2D eigenvalue weighted by Crippen LogP contribution is -2.28. The van der Waals surface area contributed by atoms with E-state index in [0.717, 1.165) is 29.0 Å². The predicted molar refractivity (Wildman–Crippen MR) is 98.5 cm³/mol. The molecule has 0 saturated heterocycles. The maximum atomic E-state index is 12.5. The quantitative estimate of drug-likeness (QED) is 0.747. The van der Waals surface area contributed by atoms with Crippen LogP contribution in [0.3, 0.4) is 0 Å². The maximum Gasteiger partial charge on any atom is 0.246 e. The monoisotopic (exact) mass is 337 g/mol. The van der Waals surface area contributed by atoms with Crippen LogP contribution in [0.5, 0.6) is 11.5 Å². The molecule has 130 valence electrons. The third kappa shape index (κ3) is 4.21. The molecule has 0 atom stereocenters. The first-order chi connectivity index (χ1) is 12.2. The molecule has 0 radical (unpaired) electrons. The van der Waals surface area contributed by atoms with Gasteiger partial charge in [-0.05, 0) is 48.2 Å². The van der Waals surface area contributed by atoms with Crippen molar-refractivity contribution in [2.75, 3.05) is 13.3 Å². The number of rotatable bonds is 6. The molecule has 0 aliphatic carbocycles. The van der Waals surface area contributed by atoms with Crippen molar-refractivity contribution in [3.8, 4) is 11.5 Å². The number of fused-ring (bicyclic) bond motifs is 1. The number of hydrogen-bond donors (Lipinski definition) is 0. The second-order valence-electron chi connectivity index (χ2n) is 5.97. The average molecular weight is 337 g/mol. The molecule has 4 nitrogen and oxygen atoms in total. The smallest absolute Gasteiger partial charge is 0.246 e. The molecule has 1 heterocycles.